The van der Waals surface area contributed by atoms with Gasteiger partial charge in [0.25, 0.3) is 0 Å². The molecule has 2 rings (SSSR count). The SMILES string of the molecule is CCc1ccccc1N1C(=O)CC(C(C)=O)CC1=O. The highest BCUT2D eigenvalue weighted by atomic mass is 16.2. The molecule has 1 saturated heterocycles. The van der Waals surface area contributed by atoms with Gasteiger partial charge < -0.3 is 0 Å². The molecule has 1 aliphatic heterocycles. The van der Waals surface area contributed by atoms with E-state index in [1.165, 1.54) is 11.8 Å². The van der Waals surface area contributed by atoms with Crippen LogP contribution in [0.3, 0.4) is 0 Å². The summed E-state index contributed by atoms with van der Waals surface area (Å²) in [4.78, 5) is 36.8. The fourth-order valence-electron chi connectivity index (χ4n) is 2.40. The average Bonchev–Trinajstić information content (AvgIpc) is 2.38. The van der Waals surface area contributed by atoms with Gasteiger partial charge in [-0.05, 0) is 25.0 Å². The maximum atomic E-state index is 12.1. The van der Waals surface area contributed by atoms with Crippen LogP contribution in [0.1, 0.15) is 32.3 Å². The van der Waals surface area contributed by atoms with Gasteiger partial charge in [-0.2, -0.15) is 0 Å². The van der Waals surface area contributed by atoms with E-state index in [0.29, 0.717) is 5.69 Å². The fraction of sp³-hybridized carbons (Fsp3) is 0.400. The molecule has 0 saturated carbocycles. The van der Waals surface area contributed by atoms with Crippen molar-refractivity contribution in [2.75, 3.05) is 4.90 Å². The number of hydrogen-bond donors (Lipinski definition) is 0. The smallest absolute Gasteiger partial charge is 0.234 e. The zero-order valence-electron chi connectivity index (χ0n) is 11.2. The predicted octanol–water partition coefficient (Wildman–Crippen LogP) is 2.11. The third kappa shape index (κ3) is 2.57. The first-order chi connectivity index (χ1) is 9.04. The van der Waals surface area contributed by atoms with E-state index in [1.807, 2.05) is 25.1 Å². The minimum absolute atomic E-state index is 0.0925. The first-order valence-corrected chi connectivity index (χ1v) is 6.48. The van der Waals surface area contributed by atoms with Crippen LogP contribution in [0.25, 0.3) is 0 Å². The number of Topliss-reactive ketones (excluding diaryl/α,β-unsaturated/α-hetero) is 1. The standard InChI is InChI=1S/C15H17NO3/c1-3-11-6-4-5-7-13(11)16-14(18)8-12(10(2)17)9-15(16)19/h4-7,12H,3,8-9H2,1-2H3. The number of aryl methyl sites for hydroxylation is 1. The van der Waals surface area contributed by atoms with Gasteiger partial charge in [-0.3, -0.25) is 19.3 Å². The molecule has 2 amide bonds. The molecule has 0 atom stereocenters. The fourth-order valence-corrected chi connectivity index (χ4v) is 2.40. The summed E-state index contributed by atoms with van der Waals surface area (Å²) in [6.45, 7) is 3.41. The van der Waals surface area contributed by atoms with Crippen LogP contribution in [0, 0.1) is 5.92 Å². The minimum atomic E-state index is -0.454. The van der Waals surface area contributed by atoms with Crippen LogP contribution in [0.15, 0.2) is 24.3 Å². The van der Waals surface area contributed by atoms with Crippen LogP contribution in [-0.4, -0.2) is 17.6 Å². The number of para-hydroxylation sites is 1. The van der Waals surface area contributed by atoms with Gasteiger partial charge in [-0.15, -0.1) is 0 Å². The zero-order valence-corrected chi connectivity index (χ0v) is 11.2. The Balaban J connectivity index is 2.33. The molecule has 100 valence electrons. The number of amides is 2. The molecule has 0 N–H and O–H groups in total. The third-order valence-electron chi connectivity index (χ3n) is 3.53. The van der Waals surface area contributed by atoms with E-state index < -0.39 is 5.92 Å². The molecule has 0 bridgehead atoms. The van der Waals surface area contributed by atoms with Gasteiger partial charge in [0, 0.05) is 18.8 Å². The Morgan fingerprint density at radius 2 is 1.79 bits per heavy atom. The lowest BCUT2D eigenvalue weighted by Crippen LogP contribution is -2.45. The second-order valence-electron chi connectivity index (χ2n) is 4.82. The van der Waals surface area contributed by atoms with Crippen molar-refractivity contribution in [2.24, 2.45) is 5.92 Å². The maximum absolute atomic E-state index is 12.1. The van der Waals surface area contributed by atoms with Crippen molar-refractivity contribution in [1.82, 2.24) is 0 Å². The molecule has 1 heterocycles. The summed E-state index contributed by atoms with van der Waals surface area (Å²) in [7, 11) is 0. The number of hydrogen-bond acceptors (Lipinski definition) is 3. The van der Waals surface area contributed by atoms with Crippen molar-refractivity contribution in [3.63, 3.8) is 0 Å². The highest BCUT2D eigenvalue weighted by Gasteiger charge is 2.36. The number of rotatable bonds is 3. The molecule has 0 unspecified atom stereocenters. The highest BCUT2D eigenvalue weighted by molar-refractivity contribution is 6.18. The number of nitrogens with zero attached hydrogens (tertiary/aromatic N) is 1. The molecule has 19 heavy (non-hydrogen) atoms. The summed E-state index contributed by atoms with van der Waals surface area (Å²) < 4.78 is 0. The Morgan fingerprint density at radius 1 is 1.21 bits per heavy atom. The van der Waals surface area contributed by atoms with Gasteiger partial charge in [0.05, 0.1) is 5.69 Å². The summed E-state index contributed by atoms with van der Waals surface area (Å²) in [6.07, 6.45) is 1.00. The molecule has 0 aliphatic carbocycles. The molecule has 4 heteroatoms. The van der Waals surface area contributed by atoms with E-state index in [0.717, 1.165) is 12.0 Å². The number of imide groups is 1. The summed E-state index contributed by atoms with van der Waals surface area (Å²) in [5.74, 6) is -1.11. The maximum Gasteiger partial charge on any atom is 0.234 e. The summed E-state index contributed by atoms with van der Waals surface area (Å²) >= 11 is 0. The van der Waals surface area contributed by atoms with Gasteiger partial charge in [-0.25, -0.2) is 0 Å². The highest BCUT2D eigenvalue weighted by Crippen LogP contribution is 2.28. The van der Waals surface area contributed by atoms with Crippen molar-refractivity contribution in [3.05, 3.63) is 29.8 Å². The second-order valence-corrected chi connectivity index (χ2v) is 4.82. The lowest BCUT2D eigenvalue weighted by Gasteiger charge is -2.30. The number of ketones is 1. The van der Waals surface area contributed by atoms with Crippen LogP contribution in [0.5, 0.6) is 0 Å². The Labute approximate surface area is 112 Å². The van der Waals surface area contributed by atoms with Crippen LogP contribution < -0.4 is 4.90 Å². The molecule has 1 aromatic rings. The Morgan fingerprint density at radius 3 is 2.32 bits per heavy atom. The Bertz CT molecular complexity index is 518. The monoisotopic (exact) mass is 259 g/mol. The minimum Gasteiger partial charge on any atom is -0.300 e. The number of carbonyl (C=O) groups is 3. The first-order valence-electron chi connectivity index (χ1n) is 6.48. The molecule has 1 aliphatic rings. The van der Waals surface area contributed by atoms with Crippen LogP contribution in [0.2, 0.25) is 0 Å². The Hall–Kier alpha value is -1.97. The number of piperidine rings is 1. The van der Waals surface area contributed by atoms with Crippen LogP contribution in [-0.2, 0) is 20.8 Å². The molecule has 1 fully saturated rings. The topological polar surface area (TPSA) is 54.5 Å². The van der Waals surface area contributed by atoms with E-state index in [4.69, 9.17) is 0 Å². The van der Waals surface area contributed by atoms with Crippen molar-refractivity contribution < 1.29 is 14.4 Å². The van der Waals surface area contributed by atoms with E-state index in [1.54, 1.807) is 6.07 Å². The number of anilines is 1. The third-order valence-corrected chi connectivity index (χ3v) is 3.53. The first kappa shape index (κ1) is 13.5. The zero-order chi connectivity index (χ0) is 14.0. The van der Waals surface area contributed by atoms with Crippen LogP contribution in [0.4, 0.5) is 5.69 Å². The van der Waals surface area contributed by atoms with Gasteiger partial charge in [0.2, 0.25) is 11.8 Å². The normalized spacial score (nSPS) is 16.8. The summed E-state index contributed by atoms with van der Waals surface area (Å²) in [5, 5.41) is 0. The van der Waals surface area contributed by atoms with Crippen molar-refractivity contribution >= 4 is 23.3 Å². The van der Waals surface area contributed by atoms with Crippen molar-refractivity contribution in [3.8, 4) is 0 Å². The largest absolute Gasteiger partial charge is 0.300 e. The molecule has 0 aromatic heterocycles. The number of benzene rings is 1. The van der Waals surface area contributed by atoms with Gasteiger partial charge >= 0.3 is 0 Å². The quantitative estimate of drug-likeness (QED) is 0.781. The molecule has 0 radical (unpaired) electrons. The lowest BCUT2D eigenvalue weighted by molar-refractivity contribution is -0.136. The Kier molecular flexibility index (Phi) is 3.79. The molecule has 0 spiro atoms. The molecule has 4 nitrogen and oxygen atoms in total. The number of carbonyl (C=O) groups excluding carboxylic acids is 3. The molecular formula is C15H17NO3. The lowest BCUT2D eigenvalue weighted by atomic mass is 9.91. The second kappa shape index (κ2) is 5.34. The van der Waals surface area contributed by atoms with E-state index >= 15 is 0 Å². The van der Waals surface area contributed by atoms with Gasteiger partial charge in [-0.1, -0.05) is 25.1 Å². The molecule has 1 aromatic carbocycles. The summed E-state index contributed by atoms with van der Waals surface area (Å²) in [6, 6.07) is 7.39. The van der Waals surface area contributed by atoms with Gasteiger partial charge in [0.15, 0.2) is 0 Å². The molecular weight excluding hydrogens is 242 g/mol. The van der Waals surface area contributed by atoms with E-state index in [-0.39, 0.29) is 30.4 Å². The van der Waals surface area contributed by atoms with Gasteiger partial charge in [0.1, 0.15) is 5.78 Å². The van der Waals surface area contributed by atoms with E-state index in [2.05, 4.69) is 0 Å². The van der Waals surface area contributed by atoms with Crippen molar-refractivity contribution in [2.45, 2.75) is 33.1 Å². The average molecular weight is 259 g/mol. The van der Waals surface area contributed by atoms with Crippen molar-refractivity contribution in [1.29, 1.82) is 0 Å². The van der Waals surface area contributed by atoms with Crippen LogP contribution >= 0.6 is 0 Å². The van der Waals surface area contributed by atoms with E-state index in [9.17, 15) is 14.4 Å². The summed E-state index contributed by atoms with van der Waals surface area (Å²) in [5.41, 5.74) is 1.62. The predicted molar refractivity (Wildman–Crippen MR) is 71.7 cm³/mol.